The lowest BCUT2D eigenvalue weighted by Crippen LogP contribution is -2.57. The van der Waals surface area contributed by atoms with Crippen molar-refractivity contribution in [2.24, 2.45) is 11.8 Å². The van der Waals surface area contributed by atoms with Crippen LogP contribution in [-0.2, 0) is 9.59 Å². The van der Waals surface area contributed by atoms with Crippen LogP contribution in [0, 0.1) is 11.8 Å². The smallest absolute Gasteiger partial charge is 0.248 e. The number of nitrogens with one attached hydrogen (secondary N) is 1. The van der Waals surface area contributed by atoms with Crippen LogP contribution in [0.2, 0.25) is 0 Å². The summed E-state index contributed by atoms with van der Waals surface area (Å²) in [6.45, 7) is 7.71. The predicted octanol–water partition coefficient (Wildman–Crippen LogP) is 2.72. The Hall–Kier alpha value is -1.06. The molecule has 0 spiro atoms. The number of rotatable bonds is 4. The van der Waals surface area contributed by atoms with Gasteiger partial charge in [-0.2, -0.15) is 0 Å². The lowest BCUT2D eigenvalue weighted by Gasteiger charge is -2.37. The van der Waals surface area contributed by atoms with Crippen molar-refractivity contribution in [3.05, 3.63) is 0 Å². The molecule has 1 saturated heterocycles. The van der Waals surface area contributed by atoms with E-state index >= 15 is 0 Å². The molecule has 21 heavy (non-hydrogen) atoms. The Morgan fingerprint density at radius 3 is 2.48 bits per heavy atom. The summed E-state index contributed by atoms with van der Waals surface area (Å²) in [5, 5.41) is 2.99. The van der Waals surface area contributed by atoms with Crippen LogP contribution in [0.25, 0.3) is 0 Å². The van der Waals surface area contributed by atoms with Gasteiger partial charge in [-0.3, -0.25) is 9.59 Å². The van der Waals surface area contributed by atoms with E-state index in [1.807, 2.05) is 18.7 Å². The van der Waals surface area contributed by atoms with Gasteiger partial charge in [-0.05, 0) is 31.1 Å². The van der Waals surface area contributed by atoms with Gasteiger partial charge in [0.2, 0.25) is 11.8 Å². The Balaban J connectivity index is 2.13. The van der Waals surface area contributed by atoms with Gasteiger partial charge in [-0.1, -0.05) is 40.0 Å². The molecular weight excluding hydrogens is 264 g/mol. The molecule has 0 aromatic carbocycles. The van der Waals surface area contributed by atoms with Gasteiger partial charge >= 0.3 is 0 Å². The standard InChI is InChI=1S/C17H30N2O2/c1-4-17(5-2)16(21)19(11-10-15(20)18-17)12-14-9-7-6-8-13(14)3/h13-14H,4-12H2,1-3H3,(H,18,20). The number of carbonyl (C=O) groups is 2. The molecule has 0 aromatic rings. The number of hydrogen-bond acceptors (Lipinski definition) is 2. The van der Waals surface area contributed by atoms with E-state index in [-0.39, 0.29) is 11.8 Å². The third-order valence-electron chi connectivity index (χ3n) is 5.64. The molecule has 0 radical (unpaired) electrons. The summed E-state index contributed by atoms with van der Waals surface area (Å²) >= 11 is 0. The van der Waals surface area contributed by atoms with Crippen LogP contribution in [0.4, 0.5) is 0 Å². The number of nitrogens with zero attached hydrogens (tertiary/aromatic N) is 1. The predicted molar refractivity (Wildman–Crippen MR) is 83.8 cm³/mol. The first-order valence-electron chi connectivity index (χ1n) is 8.62. The lowest BCUT2D eigenvalue weighted by molar-refractivity contribution is -0.140. The zero-order chi connectivity index (χ0) is 15.5. The monoisotopic (exact) mass is 294 g/mol. The minimum atomic E-state index is -0.675. The van der Waals surface area contributed by atoms with E-state index in [9.17, 15) is 9.59 Å². The highest BCUT2D eigenvalue weighted by molar-refractivity contribution is 5.93. The molecule has 1 aliphatic carbocycles. The van der Waals surface area contributed by atoms with Gasteiger partial charge in [-0.15, -0.1) is 0 Å². The van der Waals surface area contributed by atoms with Gasteiger partial charge < -0.3 is 10.2 Å². The molecule has 2 rings (SSSR count). The maximum Gasteiger partial charge on any atom is 0.248 e. The highest BCUT2D eigenvalue weighted by atomic mass is 16.2. The van der Waals surface area contributed by atoms with E-state index < -0.39 is 5.54 Å². The minimum Gasteiger partial charge on any atom is -0.342 e. The molecular formula is C17H30N2O2. The van der Waals surface area contributed by atoms with Crippen LogP contribution in [0.15, 0.2) is 0 Å². The summed E-state index contributed by atoms with van der Waals surface area (Å²) in [6, 6.07) is 0. The van der Waals surface area contributed by atoms with Crippen LogP contribution in [0.5, 0.6) is 0 Å². The van der Waals surface area contributed by atoms with Crippen LogP contribution >= 0.6 is 0 Å². The van der Waals surface area contributed by atoms with Crippen molar-refractivity contribution < 1.29 is 9.59 Å². The second kappa shape index (κ2) is 6.80. The van der Waals surface area contributed by atoms with Crippen LogP contribution in [0.1, 0.15) is 65.7 Å². The maximum atomic E-state index is 13.0. The highest BCUT2D eigenvalue weighted by Crippen LogP contribution is 2.31. The topological polar surface area (TPSA) is 49.4 Å². The van der Waals surface area contributed by atoms with Crippen LogP contribution in [-0.4, -0.2) is 35.3 Å². The fourth-order valence-corrected chi connectivity index (χ4v) is 3.87. The summed E-state index contributed by atoms with van der Waals surface area (Å²) in [5.41, 5.74) is -0.675. The second-order valence-corrected chi connectivity index (χ2v) is 6.86. The van der Waals surface area contributed by atoms with Gasteiger partial charge in [-0.25, -0.2) is 0 Å². The highest BCUT2D eigenvalue weighted by Gasteiger charge is 2.42. The van der Waals surface area contributed by atoms with Crippen LogP contribution in [0.3, 0.4) is 0 Å². The van der Waals surface area contributed by atoms with Gasteiger partial charge in [0.25, 0.3) is 0 Å². The normalized spacial score (nSPS) is 30.0. The number of amides is 2. The number of hydrogen-bond donors (Lipinski definition) is 1. The van der Waals surface area contributed by atoms with Crippen molar-refractivity contribution in [2.75, 3.05) is 13.1 Å². The van der Waals surface area contributed by atoms with Crippen LogP contribution < -0.4 is 5.32 Å². The maximum absolute atomic E-state index is 13.0. The fraction of sp³-hybridized carbons (Fsp3) is 0.882. The van der Waals surface area contributed by atoms with Crippen molar-refractivity contribution >= 4 is 11.8 Å². The molecule has 1 N–H and O–H groups in total. The minimum absolute atomic E-state index is 0.0197. The molecule has 4 nitrogen and oxygen atoms in total. The molecule has 1 aliphatic heterocycles. The molecule has 4 heteroatoms. The van der Waals surface area contributed by atoms with Crippen molar-refractivity contribution in [3.8, 4) is 0 Å². The average molecular weight is 294 g/mol. The SMILES string of the molecule is CCC1(CC)NC(=O)CCN(CC2CCCCC2C)C1=O. The first-order chi connectivity index (χ1) is 10.0. The Bertz CT molecular complexity index is 390. The Morgan fingerprint density at radius 1 is 1.19 bits per heavy atom. The molecule has 0 aromatic heterocycles. The summed E-state index contributed by atoms with van der Waals surface area (Å²) in [4.78, 5) is 26.9. The van der Waals surface area contributed by atoms with E-state index in [0.717, 1.165) is 6.54 Å². The quantitative estimate of drug-likeness (QED) is 0.866. The molecule has 2 fully saturated rings. The largest absolute Gasteiger partial charge is 0.342 e. The van der Waals surface area contributed by atoms with Crippen molar-refractivity contribution in [3.63, 3.8) is 0 Å². The summed E-state index contributed by atoms with van der Waals surface area (Å²) < 4.78 is 0. The van der Waals surface area contributed by atoms with E-state index in [1.54, 1.807) is 0 Å². The Morgan fingerprint density at radius 2 is 1.86 bits per heavy atom. The fourth-order valence-electron chi connectivity index (χ4n) is 3.87. The first-order valence-corrected chi connectivity index (χ1v) is 8.62. The molecule has 2 unspecified atom stereocenters. The van der Waals surface area contributed by atoms with Gasteiger partial charge in [0.15, 0.2) is 0 Å². The van der Waals surface area contributed by atoms with Crippen molar-refractivity contribution in [1.82, 2.24) is 10.2 Å². The van der Waals surface area contributed by atoms with Gasteiger partial charge in [0.1, 0.15) is 5.54 Å². The zero-order valence-electron chi connectivity index (χ0n) is 13.8. The molecule has 1 heterocycles. The lowest BCUT2D eigenvalue weighted by atomic mass is 9.80. The van der Waals surface area contributed by atoms with E-state index in [0.29, 0.717) is 37.6 Å². The molecule has 2 aliphatic rings. The number of carbonyl (C=O) groups excluding carboxylic acids is 2. The van der Waals surface area contributed by atoms with Crippen molar-refractivity contribution in [1.29, 1.82) is 0 Å². The van der Waals surface area contributed by atoms with E-state index in [1.165, 1.54) is 25.7 Å². The Kier molecular flexibility index (Phi) is 5.28. The average Bonchev–Trinajstić information content (AvgIpc) is 2.61. The third-order valence-corrected chi connectivity index (χ3v) is 5.64. The van der Waals surface area contributed by atoms with Crippen molar-refractivity contribution in [2.45, 2.75) is 71.3 Å². The molecule has 120 valence electrons. The Labute approximate surface area is 128 Å². The summed E-state index contributed by atoms with van der Waals surface area (Å²) in [7, 11) is 0. The van der Waals surface area contributed by atoms with Gasteiger partial charge in [0, 0.05) is 19.5 Å². The first kappa shape index (κ1) is 16.3. The zero-order valence-corrected chi connectivity index (χ0v) is 13.8. The molecule has 2 atom stereocenters. The van der Waals surface area contributed by atoms with E-state index in [4.69, 9.17) is 0 Å². The van der Waals surface area contributed by atoms with Gasteiger partial charge in [0.05, 0.1) is 0 Å². The molecule has 0 bridgehead atoms. The summed E-state index contributed by atoms with van der Waals surface area (Å²) in [5.74, 6) is 1.45. The summed E-state index contributed by atoms with van der Waals surface area (Å²) in [6.07, 6.45) is 6.87. The molecule has 1 saturated carbocycles. The molecule has 2 amide bonds. The third kappa shape index (κ3) is 3.41. The second-order valence-electron chi connectivity index (χ2n) is 6.86. The van der Waals surface area contributed by atoms with E-state index in [2.05, 4.69) is 12.2 Å².